The second-order valence-electron chi connectivity index (χ2n) is 6.37. The van der Waals surface area contributed by atoms with Gasteiger partial charge in [-0.05, 0) is 18.8 Å². The topological polar surface area (TPSA) is 52.8 Å². The third kappa shape index (κ3) is 6.28. The van der Waals surface area contributed by atoms with Crippen LogP contribution >= 0.6 is 12.2 Å². The summed E-state index contributed by atoms with van der Waals surface area (Å²) in [6.07, 6.45) is 4.05. The molecular weight excluding hydrogens is 284 g/mol. The fraction of sp³-hybridized carbons (Fsp3) is 0.867. The smallest absolute Gasteiger partial charge is 0.223 e. The SMILES string of the molecule is CN(CCC(N)=S)C(=O)CCN1CCN(CC2CC2)CC1. The van der Waals surface area contributed by atoms with Gasteiger partial charge in [-0.3, -0.25) is 4.79 Å². The molecular formula is C15H28N4OS. The highest BCUT2D eigenvalue weighted by molar-refractivity contribution is 7.80. The molecule has 6 heteroatoms. The molecule has 2 fully saturated rings. The van der Waals surface area contributed by atoms with E-state index in [1.807, 2.05) is 7.05 Å². The van der Waals surface area contributed by atoms with E-state index >= 15 is 0 Å². The minimum atomic E-state index is 0.187. The van der Waals surface area contributed by atoms with E-state index in [2.05, 4.69) is 9.80 Å². The fourth-order valence-electron chi connectivity index (χ4n) is 2.71. The van der Waals surface area contributed by atoms with Crippen molar-refractivity contribution in [1.29, 1.82) is 0 Å². The number of nitrogens with two attached hydrogens (primary N) is 1. The second-order valence-corrected chi connectivity index (χ2v) is 6.89. The lowest BCUT2D eigenvalue weighted by Crippen LogP contribution is -2.47. The van der Waals surface area contributed by atoms with Crippen LogP contribution in [0.4, 0.5) is 0 Å². The summed E-state index contributed by atoms with van der Waals surface area (Å²) < 4.78 is 0. The molecule has 0 atom stereocenters. The summed E-state index contributed by atoms with van der Waals surface area (Å²) in [6, 6.07) is 0. The van der Waals surface area contributed by atoms with E-state index in [0.717, 1.165) is 38.6 Å². The lowest BCUT2D eigenvalue weighted by Gasteiger charge is -2.34. The maximum atomic E-state index is 12.0. The highest BCUT2D eigenvalue weighted by Gasteiger charge is 2.26. The molecule has 1 saturated heterocycles. The van der Waals surface area contributed by atoms with Crippen LogP contribution in [0.25, 0.3) is 0 Å². The van der Waals surface area contributed by atoms with Crippen molar-refractivity contribution in [3.05, 3.63) is 0 Å². The number of hydrogen-bond donors (Lipinski definition) is 1. The Morgan fingerprint density at radius 1 is 1.19 bits per heavy atom. The first-order chi connectivity index (χ1) is 10.0. The van der Waals surface area contributed by atoms with Crippen LogP contribution < -0.4 is 5.73 Å². The molecule has 1 amide bonds. The van der Waals surface area contributed by atoms with Gasteiger partial charge in [0, 0.05) is 65.7 Å². The first kappa shape index (κ1) is 16.6. The Morgan fingerprint density at radius 2 is 1.81 bits per heavy atom. The van der Waals surface area contributed by atoms with Gasteiger partial charge in [0.25, 0.3) is 0 Å². The first-order valence-electron chi connectivity index (χ1n) is 8.01. The number of carbonyl (C=O) groups excluding carboxylic acids is 1. The van der Waals surface area contributed by atoms with Gasteiger partial charge >= 0.3 is 0 Å². The van der Waals surface area contributed by atoms with Crippen LogP contribution in [0.15, 0.2) is 0 Å². The molecule has 0 radical (unpaired) electrons. The highest BCUT2D eigenvalue weighted by Crippen LogP contribution is 2.29. The monoisotopic (exact) mass is 312 g/mol. The van der Waals surface area contributed by atoms with Crippen LogP contribution in [0.5, 0.6) is 0 Å². The van der Waals surface area contributed by atoms with Gasteiger partial charge in [0.05, 0.1) is 4.99 Å². The van der Waals surface area contributed by atoms with Crippen molar-refractivity contribution in [2.75, 3.05) is 52.9 Å². The molecule has 0 spiro atoms. The van der Waals surface area contributed by atoms with Crippen LogP contribution in [-0.4, -0.2) is 78.5 Å². The summed E-state index contributed by atoms with van der Waals surface area (Å²) in [6.45, 7) is 7.28. The Balaban J connectivity index is 1.57. The fourth-order valence-corrected chi connectivity index (χ4v) is 2.80. The van der Waals surface area contributed by atoms with E-state index in [-0.39, 0.29) is 5.91 Å². The Morgan fingerprint density at radius 3 is 2.38 bits per heavy atom. The van der Waals surface area contributed by atoms with Crippen molar-refractivity contribution in [3.8, 4) is 0 Å². The molecule has 2 N–H and O–H groups in total. The van der Waals surface area contributed by atoms with Crippen molar-refractivity contribution >= 4 is 23.1 Å². The van der Waals surface area contributed by atoms with Crippen LogP contribution in [0.3, 0.4) is 0 Å². The summed E-state index contributed by atoms with van der Waals surface area (Å²) in [5, 5.41) is 0. The summed E-state index contributed by atoms with van der Waals surface area (Å²) in [7, 11) is 1.83. The van der Waals surface area contributed by atoms with E-state index in [0.29, 0.717) is 24.4 Å². The normalized spacial score (nSPS) is 20.4. The van der Waals surface area contributed by atoms with Crippen molar-refractivity contribution < 1.29 is 4.79 Å². The van der Waals surface area contributed by atoms with Gasteiger partial charge in [-0.1, -0.05) is 12.2 Å². The largest absolute Gasteiger partial charge is 0.393 e. The number of piperazine rings is 1. The molecule has 2 aliphatic rings. The lowest BCUT2D eigenvalue weighted by molar-refractivity contribution is -0.130. The molecule has 1 aliphatic heterocycles. The molecule has 1 aliphatic carbocycles. The molecule has 0 aromatic rings. The van der Waals surface area contributed by atoms with E-state index in [9.17, 15) is 4.79 Å². The molecule has 1 heterocycles. The molecule has 1 saturated carbocycles. The van der Waals surface area contributed by atoms with Crippen molar-refractivity contribution in [3.63, 3.8) is 0 Å². The Labute approximate surface area is 133 Å². The average Bonchev–Trinajstić information content (AvgIpc) is 3.27. The third-order valence-electron chi connectivity index (χ3n) is 4.44. The third-order valence-corrected chi connectivity index (χ3v) is 4.64. The maximum absolute atomic E-state index is 12.0. The lowest BCUT2D eigenvalue weighted by atomic mass is 10.2. The van der Waals surface area contributed by atoms with Gasteiger partial charge in [0.1, 0.15) is 0 Å². The summed E-state index contributed by atoms with van der Waals surface area (Å²) in [5.74, 6) is 1.16. The Kier molecular flexibility index (Phi) is 6.39. The van der Waals surface area contributed by atoms with E-state index in [1.54, 1.807) is 4.90 Å². The van der Waals surface area contributed by atoms with E-state index in [4.69, 9.17) is 18.0 Å². The number of hydrogen-bond acceptors (Lipinski definition) is 4. The van der Waals surface area contributed by atoms with Crippen LogP contribution in [0.1, 0.15) is 25.7 Å². The van der Waals surface area contributed by atoms with Crippen molar-refractivity contribution in [2.45, 2.75) is 25.7 Å². The number of nitrogens with zero attached hydrogens (tertiary/aromatic N) is 3. The number of rotatable bonds is 8. The standard InChI is InChI=1S/C15H28N4OS/c1-17(6-4-14(16)21)15(20)5-7-18-8-10-19(11-9-18)12-13-2-3-13/h13H,2-12H2,1H3,(H2,16,21). The maximum Gasteiger partial charge on any atom is 0.223 e. The van der Waals surface area contributed by atoms with Gasteiger partial charge in [-0.15, -0.1) is 0 Å². The zero-order valence-corrected chi connectivity index (χ0v) is 13.9. The molecule has 0 aromatic heterocycles. The first-order valence-corrected chi connectivity index (χ1v) is 8.42. The number of thiocarbonyl (C=S) groups is 1. The zero-order valence-electron chi connectivity index (χ0n) is 13.1. The minimum Gasteiger partial charge on any atom is -0.393 e. The predicted octanol–water partition coefficient (Wildman–Crippen LogP) is 0.539. The van der Waals surface area contributed by atoms with Gasteiger partial charge in [0.2, 0.25) is 5.91 Å². The van der Waals surface area contributed by atoms with Crippen molar-refractivity contribution in [2.24, 2.45) is 11.7 Å². The predicted molar refractivity (Wildman–Crippen MR) is 89.3 cm³/mol. The molecule has 120 valence electrons. The zero-order chi connectivity index (χ0) is 15.2. The van der Waals surface area contributed by atoms with Gasteiger partial charge in [-0.25, -0.2) is 0 Å². The van der Waals surface area contributed by atoms with Gasteiger partial charge in [0.15, 0.2) is 0 Å². The quantitative estimate of drug-likeness (QED) is 0.663. The number of carbonyl (C=O) groups is 1. The molecule has 0 bridgehead atoms. The summed E-state index contributed by atoms with van der Waals surface area (Å²) >= 11 is 4.84. The van der Waals surface area contributed by atoms with Crippen LogP contribution in [0.2, 0.25) is 0 Å². The van der Waals surface area contributed by atoms with Crippen LogP contribution in [0, 0.1) is 5.92 Å². The van der Waals surface area contributed by atoms with E-state index < -0.39 is 0 Å². The Hall–Kier alpha value is -0.720. The molecule has 5 nitrogen and oxygen atoms in total. The summed E-state index contributed by atoms with van der Waals surface area (Å²) in [5.41, 5.74) is 5.46. The minimum absolute atomic E-state index is 0.187. The van der Waals surface area contributed by atoms with Gasteiger partial charge < -0.3 is 20.4 Å². The number of amides is 1. The van der Waals surface area contributed by atoms with Gasteiger partial charge in [-0.2, -0.15) is 0 Å². The summed E-state index contributed by atoms with van der Waals surface area (Å²) in [4.78, 5) is 19.2. The molecule has 2 rings (SSSR count). The highest BCUT2D eigenvalue weighted by atomic mass is 32.1. The molecule has 0 unspecified atom stereocenters. The van der Waals surface area contributed by atoms with Crippen LogP contribution in [-0.2, 0) is 4.79 Å². The average molecular weight is 312 g/mol. The van der Waals surface area contributed by atoms with E-state index in [1.165, 1.54) is 19.4 Å². The second kappa shape index (κ2) is 8.06. The van der Waals surface area contributed by atoms with Crippen molar-refractivity contribution in [1.82, 2.24) is 14.7 Å². The molecule has 21 heavy (non-hydrogen) atoms. The molecule has 0 aromatic carbocycles. The Bertz CT molecular complexity index is 365.